The zero-order valence-electron chi connectivity index (χ0n) is 37.5. The van der Waals surface area contributed by atoms with Gasteiger partial charge in [0, 0.05) is 0 Å². The van der Waals surface area contributed by atoms with E-state index in [9.17, 15) is 40.5 Å². The predicted octanol–water partition coefficient (Wildman–Crippen LogP) is 8.23. The Kier molecular flexibility index (Phi) is 36.1. The Morgan fingerprint density at radius 1 is 0.576 bits per heavy atom. The largest absolute Gasteiger partial charge is 0.394 e. The lowest BCUT2D eigenvalue weighted by atomic mass is 9.98. The van der Waals surface area contributed by atoms with Crippen LogP contribution in [-0.4, -0.2) is 110 Å². The van der Waals surface area contributed by atoms with Gasteiger partial charge in [0.25, 0.3) is 0 Å². The zero-order valence-corrected chi connectivity index (χ0v) is 37.5. The van der Waals surface area contributed by atoms with E-state index < -0.39 is 74.2 Å². The second-order valence-corrected chi connectivity index (χ2v) is 17.2. The van der Waals surface area contributed by atoms with Gasteiger partial charge in [-0.25, -0.2) is 0 Å². The zero-order chi connectivity index (χ0) is 43.4. The molecule has 59 heavy (non-hydrogen) atoms. The smallest absolute Gasteiger partial charge is 0.249 e. The number of unbranched alkanes of at least 4 members (excludes halogenated alkanes) is 24. The van der Waals surface area contributed by atoms with Crippen LogP contribution in [0.4, 0.5) is 0 Å². The maximum atomic E-state index is 13.1. The number of ether oxygens (including phenoxy) is 2. The van der Waals surface area contributed by atoms with Gasteiger partial charge in [0.2, 0.25) is 5.91 Å². The summed E-state index contributed by atoms with van der Waals surface area (Å²) >= 11 is 0. The van der Waals surface area contributed by atoms with Crippen molar-refractivity contribution < 1.29 is 50.0 Å². The lowest BCUT2D eigenvalue weighted by Crippen LogP contribution is -2.60. The predicted molar refractivity (Wildman–Crippen MR) is 238 cm³/mol. The molecule has 1 aliphatic rings. The van der Waals surface area contributed by atoms with Crippen molar-refractivity contribution in [1.82, 2.24) is 5.32 Å². The lowest BCUT2D eigenvalue weighted by Gasteiger charge is -2.40. The van der Waals surface area contributed by atoms with Crippen molar-refractivity contribution in [2.75, 3.05) is 13.2 Å². The molecule has 0 spiro atoms. The Balaban J connectivity index is 2.38. The highest BCUT2D eigenvalue weighted by Gasteiger charge is 2.44. The molecule has 1 rings (SSSR count). The molecule has 8 N–H and O–H groups in total. The molecule has 1 heterocycles. The normalized spacial score (nSPS) is 21.9. The van der Waals surface area contributed by atoms with Gasteiger partial charge in [-0.15, -0.1) is 0 Å². The molecule has 9 atom stereocenters. The molecule has 1 aliphatic heterocycles. The highest BCUT2D eigenvalue weighted by atomic mass is 16.7. The Morgan fingerprint density at radius 2 is 1.02 bits per heavy atom. The average Bonchev–Trinajstić information content (AvgIpc) is 3.23. The van der Waals surface area contributed by atoms with Gasteiger partial charge in [-0.05, 0) is 44.9 Å². The van der Waals surface area contributed by atoms with Gasteiger partial charge in [0.15, 0.2) is 6.29 Å². The van der Waals surface area contributed by atoms with Crippen LogP contribution in [0.15, 0.2) is 24.3 Å². The maximum absolute atomic E-state index is 13.1. The molecule has 0 radical (unpaired) electrons. The number of allylic oxidation sites excluding steroid dienone is 4. The summed E-state index contributed by atoms with van der Waals surface area (Å²) in [5, 5.41) is 75.6. The summed E-state index contributed by atoms with van der Waals surface area (Å²) in [6.45, 7) is 3.37. The number of hydrogen-bond donors (Lipinski definition) is 8. The van der Waals surface area contributed by atoms with Crippen LogP contribution < -0.4 is 5.32 Å². The van der Waals surface area contributed by atoms with Crippen molar-refractivity contribution in [2.24, 2.45) is 0 Å². The van der Waals surface area contributed by atoms with E-state index in [1.54, 1.807) is 0 Å². The van der Waals surface area contributed by atoms with E-state index in [0.29, 0.717) is 19.3 Å². The highest BCUT2D eigenvalue weighted by molar-refractivity contribution is 5.80. The summed E-state index contributed by atoms with van der Waals surface area (Å²) in [6, 6.07) is -1.19. The molecule has 348 valence electrons. The third-order valence-electron chi connectivity index (χ3n) is 11.7. The van der Waals surface area contributed by atoms with Gasteiger partial charge in [0.05, 0.1) is 25.4 Å². The minimum Gasteiger partial charge on any atom is -0.394 e. The molecule has 1 amide bonds. The summed E-state index contributed by atoms with van der Waals surface area (Å²) < 4.78 is 11.1. The third-order valence-corrected chi connectivity index (χ3v) is 11.7. The fraction of sp³-hybridized carbons (Fsp3) is 0.896. The van der Waals surface area contributed by atoms with Gasteiger partial charge < -0.3 is 50.5 Å². The molecule has 11 heteroatoms. The number of carbonyl (C=O) groups excluding carboxylic acids is 1. The van der Waals surface area contributed by atoms with Gasteiger partial charge in [-0.1, -0.05) is 186 Å². The van der Waals surface area contributed by atoms with Crippen LogP contribution in [0, 0.1) is 0 Å². The maximum Gasteiger partial charge on any atom is 0.249 e. The highest BCUT2D eigenvalue weighted by Crippen LogP contribution is 2.23. The third kappa shape index (κ3) is 28.0. The molecule has 1 fully saturated rings. The standard InChI is InChI=1S/C48H91NO10/c1-3-5-7-9-11-13-15-16-17-18-19-20-21-22-23-24-26-28-30-32-34-36-41(52)47(57)49-39(38-58-48-46(56)45(55)44(54)42(37-50)59-48)43(53)40(51)35-33-31-29-27-25-14-12-10-8-6-4-2/h10,12,27,29,39-46,48,50-56H,3-9,11,13-26,28,30-38H2,1-2H3,(H,49,57)/b12-10+,29-27+. The first-order valence-electron chi connectivity index (χ1n) is 24.2. The molecule has 11 nitrogen and oxygen atoms in total. The fourth-order valence-corrected chi connectivity index (χ4v) is 7.68. The topological polar surface area (TPSA) is 189 Å². The Morgan fingerprint density at radius 3 is 1.49 bits per heavy atom. The van der Waals surface area contributed by atoms with E-state index in [1.165, 1.54) is 122 Å². The summed E-state index contributed by atoms with van der Waals surface area (Å²) in [5.41, 5.74) is 0. The van der Waals surface area contributed by atoms with E-state index in [0.717, 1.165) is 38.5 Å². The van der Waals surface area contributed by atoms with Crippen LogP contribution in [-0.2, 0) is 14.3 Å². The number of nitrogens with one attached hydrogen (secondary N) is 1. The average molecular weight is 842 g/mol. The summed E-state index contributed by atoms with van der Waals surface area (Å²) in [4.78, 5) is 13.1. The van der Waals surface area contributed by atoms with Gasteiger partial charge in [-0.2, -0.15) is 0 Å². The van der Waals surface area contributed by atoms with Crippen molar-refractivity contribution in [3.63, 3.8) is 0 Å². The van der Waals surface area contributed by atoms with E-state index in [2.05, 4.69) is 43.5 Å². The monoisotopic (exact) mass is 842 g/mol. The number of rotatable bonds is 40. The minimum atomic E-state index is -1.67. The number of carbonyl (C=O) groups is 1. The van der Waals surface area contributed by atoms with Crippen molar-refractivity contribution in [3.05, 3.63) is 24.3 Å². The van der Waals surface area contributed by atoms with Crippen molar-refractivity contribution in [3.8, 4) is 0 Å². The second kappa shape index (κ2) is 38.3. The van der Waals surface area contributed by atoms with Gasteiger partial charge in [-0.3, -0.25) is 4.79 Å². The van der Waals surface area contributed by atoms with E-state index in [-0.39, 0.29) is 12.8 Å². The first kappa shape index (κ1) is 55.6. The number of hydrogen-bond acceptors (Lipinski definition) is 10. The SMILES string of the molecule is CCCC/C=C/CC/C=C/CCCC(O)C(O)C(COC1OC(CO)C(O)C(O)C1O)NC(=O)C(O)CCCCCCCCCCCCCCCCCCCCCCC. The molecule has 0 aliphatic carbocycles. The summed E-state index contributed by atoms with van der Waals surface area (Å²) in [5.74, 6) is -0.710. The molecule has 0 aromatic heterocycles. The molecular weight excluding hydrogens is 751 g/mol. The van der Waals surface area contributed by atoms with Crippen molar-refractivity contribution in [2.45, 2.75) is 262 Å². The summed E-state index contributed by atoms with van der Waals surface area (Å²) in [7, 11) is 0. The molecule has 0 saturated carbocycles. The molecule has 0 bridgehead atoms. The second-order valence-electron chi connectivity index (χ2n) is 17.2. The van der Waals surface area contributed by atoms with E-state index in [4.69, 9.17) is 9.47 Å². The van der Waals surface area contributed by atoms with Crippen LogP contribution in [0.25, 0.3) is 0 Å². The molecule has 9 unspecified atom stereocenters. The van der Waals surface area contributed by atoms with Gasteiger partial charge in [0.1, 0.15) is 36.6 Å². The van der Waals surface area contributed by atoms with Gasteiger partial charge >= 0.3 is 0 Å². The van der Waals surface area contributed by atoms with Crippen LogP contribution in [0.5, 0.6) is 0 Å². The van der Waals surface area contributed by atoms with Crippen LogP contribution in [0.1, 0.15) is 206 Å². The quantitative estimate of drug-likeness (QED) is 0.0221. The van der Waals surface area contributed by atoms with E-state index in [1.807, 2.05) is 0 Å². The minimum absolute atomic E-state index is 0.247. The number of aliphatic hydroxyl groups is 7. The molecular formula is C48H91NO10. The lowest BCUT2D eigenvalue weighted by molar-refractivity contribution is -0.303. The molecule has 0 aromatic carbocycles. The van der Waals surface area contributed by atoms with Crippen molar-refractivity contribution in [1.29, 1.82) is 0 Å². The number of aliphatic hydroxyl groups excluding tert-OH is 7. The van der Waals surface area contributed by atoms with Crippen molar-refractivity contribution >= 4 is 5.91 Å². The Bertz CT molecular complexity index is 1010. The van der Waals surface area contributed by atoms with Crippen LogP contribution in [0.2, 0.25) is 0 Å². The molecule has 1 saturated heterocycles. The summed E-state index contributed by atoms with van der Waals surface area (Å²) in [6.07, 6.45) is 31.0. The first-order valence-corrected chi connectivity index (χ1v) is 24.2. The fourth-order valence-electron chi connectivity index (χ4n) is 7.68. The van der Waals surface area contributed by atoms with Crippen LogP contribution >= 0.6 is 0 Å². The Labute approximate surface area is 359 Å². The Hall–Kier alpha value is -1.41. The van der Waals surface area contributed by atoms with E-state index >= 15 is 0 Å². The first-order chi connectivity index (χ1) is 28.7. The number of amides is 1. The molecule has 0 aromatic rings. The van der Waals surface area contributed by atoms with Crippen LogP contribution in [0.3, 0.4) is 0 Å².